The Kier molecular flexibility index (Phi) is 6.88. The van der Waals surface area contributed by atoms with Crippen LogP contribution in [0.3, 0.4) is 0 Å². The number of carbonyl (C=O) groups is 1. The number of hydrogen-bond acceptors (Lipinski definition) is 3. The van der Waals surface area contributed by atoms with E-state index in [-0.39, 0.29) is 5.91 Å². The van der Waals surface area contributed by atoms with Crippen LogP contribution < -0.4 is 10.6 Å². The molecule has 1 saturated heterocycles. The maximum Gasteiger partial charge on any atom is 0.251 e. The number of amides is 1. The van der Waals surface area contributed by atoms with Gasteiger partial charge in [0.1, 0.15) is 0 Å². The van der Waals surface area contributed by atoms with E-state index in [2.05, 4.69) is 80.6 Å². The minimum atomic E-state index is 0.0568. The zero-order chi connectivity index (χ0) is 21.0. The predicted molar refractivity (Wildman–Crippen MR) is 121 cm³/mol. The third-order valence-electron chi connectivity index (χ3n) is 6.14. The van der Waals surface area contributed by atoms with E-state index in [4.69, 9.17) is 0 Å². The molecule has 0 saturated carbocycles. The van der Waals surface area contributed by atoms with Gasteiger partial charge < -0.3 is 5.32 Å². The first-order valence-electron chi connectivity index (χ1n) is 10.4. The van der Waals surface area contributed by atoms with Crippen LogP contribution in [0.1, 0.15) is 45.4 Å². The minimum absolute atomic E-state index is 0.0568. The van der Waals surface area contributed by atoms with Crippen molar-refractivity contribution in [3.63, 3.8) is 0 Å². The van der Waals surface area contributed by atoms with Gasteiger partial charge in [0.15, 0.2) is 0 Å². The summed E-state index contributed by atoms with van der Waals surface area (Å²) < 4.78 is 0. The summed E-state index contributed by atoms with van der Waals surface area (Å²) in [5.74, 6) is 0.0568. The van der Waals surface area contributed by atoms with Crippen molar-refractivity contribution in [2.45, 2.75) is 47.1 Å². The lowest BCUT2D eigenvalue weighted by atomic mass is 9.83. The number of allylic oxidation sites excluding steroid dienone is 1. The molecule has 1 fully saturated rings. The molecule has 0 aliphatic carbocycles. The second-order valence-electron chi connectivity index (χ2n) is 8.10. The largest absolute Gasteiger partial charge is 0.348 e. The summed E-state index contributed by atoms with van der Waals surface area (Å²) in [6.45, 7) is 11.4. The van der Waals surface area contributed by atoms with Gasteiger partial charge in [-0.05, 0) is 86.5 Å². The first-order valence-corrected chi connectivity index (χ1v) is 10.4. The molecule has 2 heterocycles. The fraction of sp³-hybridized carbons (Fsp3) is 0.400. The molecule has 2 aromatic rings. The van der Waals surface area contributed by atoms with Crippen molar-refractivity contribution in [1.82, 2.24) is 15.5 Å². The van der Waals surface area contributed by atoms with E-state index < -0.39 is 0 Å². The second kappa shape index (κ2) is 9.38. The highest BCUT2D eigenvalue weighted by atomic mass is 16.1. The number of rotatable bonds is 3. The molecule has 0 unspecified atom stereocenters. The van der Waals surface area contributed by atoms with Crippen LogP contribution in [0.25, 0.3) is 5.57 Å². The van der Waals surface area contributed by atoms with Gasteiger partial charge >= 0.3 is 0 Å². The van der Waals surface area contributed by atoms with E-state index in [1.54, 1.807) is 0 Å². The molecular formula is C25H33N3O. The van der Waals surface area contributed by atoms with Crippen LogP contribution in [0.4, 0.5) is 0 Å². The van der Waals surface area contributed by atoms with Gasteiger partial charge in [0.05, 0.1) is 0 Å². The van der Waals surface area contributed by atoms with Crippen molar-refractivity contribution in [3.05, 3.63) is 75.4 Å². The summed E-state index contributed by atoms with van der Waals surface area (Å²) in [4.78, 5) is 14.7. The monoisotopic (exact) mass is 391 g/mol. The topological polar surface area (TPSA) is 44.4 Å². The Balaban J connectivity index is 0.000000419. The standard InChI is InChI=1S/C22H25NO.C3H8N2/c1-14-15(2)17(4)21-19(22(24)23-13-20(21)16(14)3)12-8-11-18-9-6-5-7-10-18;1-5-2-4-3-5/h5-7,9-10,12H,8,11,13H2,1-4H3,(H,23,24);4H,2-3H2,1H3/b19-12-;. The van der Waals surface area contributed by atoms with Crippen LogP contribution in [0.5, 0.6) is 0 Å². The van der Waals surface area contributed by atoms with Gasteiger partial charge in [-0.3, -0.25) is 15.0 Å². The van der Waals surface area contributed by atoms with Crippen LogP contribution >= 0.6 is 0 Å². The van der Waals surface area contributed by atoms with Gasteiger partial charge in [0.2, 0.25) is 0 Å². The van der Waals surface area contributed by atoms with Crippen molar-refractivity contribution >= 4 is 11.5 Å². The van der Waals surface area contributed by atoms with E-state index in [9.17, 15) is 4.79 Å². The Morgan fingerprint density at radius 1 is 0.966 bits per heavy atom. The molecular weight excluding hydrogens is 358 g/mol. The van der Waals surface area contributed by atoms with E-state index in [1.165, 1.54) is 33.4 Å². The highest BCUT2D eigenvalue weighted by Gasteiger charge is 2.26. The number of benzene rings is 2. The quantitative estimate of drug-likeness (QED) is 0.777. The molecule has 0 spiro atoms. The zero-order valence-corrected chi connectivity index (χ0v) is 18.4. The maximum atomic E-state index is 12.5. The minimum Gasteiger partial charge on any atom is -0.348 e. The van der Waals surface area contributed by atoms with Gasteiger partial charge in [0, 0.05) is 25.5 Å². The third-order valence-corrected chi connectivity index (χ3v) is 6.14. The fourth-order valence-corrected chi connectivity index (χ4v) is 3.91. The highest BCUT2D eigenvalue weighted by molar-refractivity contribution is 6.21. The first kappa shape index (κ1) is 21.3. The summed E-state index contributed by atoms with van der Waals surface area (Å²) in [6.07, 6.45) is 3.94. The van der Waals surface area contributed by atoms with Gasteiger partial charge in [0.25, 0.3) is 5.91 Å². The highest BCUT2D eigenvalue weighted by Crippen LogP contribution is 2.34. The average Bonchev–Trinajstić information content (AvgIpc) is 2.71. The summed E-state index contributed by atoms with van der Waals surface area (Å²) in [6, 6.07) is 10.4. The molecule has 2 N–H and O–H groups in total. The summed E-state index contributed by atoms with van der Waals surface area (Å²) >= 11 is 0. The second-order valence-corrected chi connectivity index (χ2v) is 8.10. The van der Waals surface area contributed by atoms with Gasteiger partial charge in [-0.15, -0.1) is 0 Å². The molecule has 154 valence electrons. The van der Waals surface area contributed by atoms with Gasteiger partial charge in [-0.1, -0.05) is 36.4 Å². The maximum absolute atomic E-state index is 12.5. The Morgan fingerprint density at radius 3 is 2.17 bits per heavy atom. The van der Waals surface area contributed by atoms with Gasteiger partial charge in [-0.2, -0.15) is 0 Å². The molecule has 4 rings (SSSR count). The molecule has 2 aromatic carbocycles. The number of hydrogen-bond donors (Lipinski definition) is 2. The lowest BCUT2D eigenvalue weighted by molar-refractivity contribution is -0.116. The van der Waals surface area contributed by atoms with Crippen molar-refractivity contribution in [3.8, 4) is 0 Å². The lowest BCUT2D eigenvalue weighted by Gasteiger charge is -2.26. The van der Waals surface area contributed by atoms with E-state index in [1.807, 2.05) is 6.07 Å². The van der Waals surface area contributed by atoms with Gasteiger partial charge in [-0.25, -0.2) is 0 Å². The Hall–Kier alpha value is -2.43. The zero-order valence-electron chi connectivity index (χ0n) is 18.4. The third kappa shape index (κ3) is 4.77. The number of nitrogens with zero attached hydrogens (tertiary/aromatic N) is 1. The first-order chi connectivity index (χ1) is 13.9. The normalized spacial score (nSPS) is 17.1. The number of carbonyl (C=O) groups excluding carboxylic acids is 1. The number of aryl methyl sites for hydroxylation is 1. The number of fused-ring (bicyclic) bond motifs is 1. The Labute approximate surface area is 175 Å². The number of nitrogens with one attached hydrogen (secondary N) is 2. The molecule has 0 atom stereocenters. The molecule has 4 heteroatoms. The van der Waals surface area contributed by atoms with E-state index >= 15 is 0 Å². The molecule has 4 nitrogen and oxygen atoms in total. The molecule has 0 aromatic heterocycles. The summed E-state index contributed by atoms with van der Waals surface area (Å²) in [7, 11) is 2.08. The molecule has 2 aliphatic rings. The van der Waals surface area contributed by atoms with Crippen LogP contribution in [0, 0.1) is 27.7 Å². The molecule has 29 heavy (non-hydrogen) atoms. The van der Waals surface area contributed by atoms with Crippen molar-refractivity contribution in [2.24, 2.45) is 0 Å². The van der Waals surface area contributed by atoms with Crippen molar-refractivity contribution in [2.75, 3.05) is 20.4 Å². The smallest absolute Gasteiger partial charge is 0.251 e. The average molecular weight is 392 g/mol. The molecule has 0 bridgehead atoms. The van der Waals surface area contributed by atoms with Crippen LogP contribution in [-0.4, -0.2) is 31.2 Å². The van der Waals surface area contributed by atoms with E-state index in [0.717, 1.165) is 37.3 Å². The van der Waals surface area contributed by atoms with Crippen molar-refractivity contribution in [1.29, 1.82) is 0 Å². The van der Waals surface area contributed by atoms with Crippen molar-refractivity contribution < 1.29 is 4.79 Å². The van der Waals surface area contributed by atoms with Crippen LogP contribution in [0.15, 0.2) is 36.4 Å². The lowest BCUT2D eigenvalue weighted by Crippen LogP contribution is -2.48. The fourth-order valence-electron chi connectivity index (χ4n) is 3.91. The molecule has 2 aliphatic heterocycles. The SMILES string of the molecule is CN1CNC1.Cc1c(C)c(C)c2c(c1C)CNC(=O)/C2=C\CCc1ccccc1. The Bertz CT molecular complexity index is 912. The molecule has 1 amide bonds. The Morgan fingerprint density at radius 2 is 1.59 bits per heavy atom. The predicted octanol–water partition coefficient (Wildman–Crippen LogP) is 4.00. The summed E-state index contributed by atoms with van der Waals surface area (Å²) in [5.41, 5.74) is 9.78. The molecule has 0 radical (unpaired) electrons. The summed E-state index contributed by atoms with van der Waals surface area (Å²) in [5, 5.41) is 6.13. The van der Waals surface area contributed by atoms with Crippen LogP contribution in [0.2, 0.25) is 0 Å². The van der Waals surface area contributed by atoms with Crippen LogP contribution in [-0.2, 0) is 17.8 Å². The van der Waals surface area contributed by atoms with E-state index in [0.29, 0.717) is 6.54 Å².